The Hall–Kier alpha value is -2.99. The van der Waals surface area contributed by atoms with Gasteiger partial charge in [0.15, 0.2) is 10.8 Å². The highest BCUT2D eigenvalue weighted by Crippen LogP contribution is 2.50. The summed E-state index contributed by atoms with van der Waals surface area (Å²) in [5.41, 5.74) is 4.61. The molecule has 5 rings (SSSR count). The largest absolute Gasteiger partial charge is 0.296 e. The molecule has 0 unspecified atom stereocenters. The van der Waals surface area contributed by atoms with Crippen LogP contribution in [0.5, 0.6) is 0 Å². The summed E-state index contributed by atoms with van der Waals surface area (Å²) < 4.78 is 1.69. The van der Waals surface area contributed by atoms with E-state index < -0.39 is 0 Å². The standard InChI is InChI=1S/C19H14N4OS/c1-10-9-14(22-23(10)2)18(24)21-19-20-16-12-7-3-5-11-6-4-8-13(15(11)12)17(16)25-19/h3-9H,1-2H3,(H,20,21,24). The molecule has 1 aliphatic carbocycles. The van der Waals surface area contributed by atoms with Crippen molar-refractivity contribution in [1.29, 1.82) is 0 Å². The molecule has 0 radical (unpaired) electrons. The van der Waals surface area contributed by atoms with Gasteiger partial charge in [0.05, 0.1) is 10.6 Å². The Balaban J connectivity index is 1.54. The molecule has 0 saturated heterocycles. The first-order valence-corrected chi connectivity index (χ1v) is 8.79. The number of hydrogen-bond acceptors (Lipinski definition) is 4. The highest BCUT2D eigenvalue weighted by molar-refractivity contribution is 7.20. The molecule has 0 aliphatic heterocycles. The molecule has 25 heavy (non-hydrogen) atoms. The normalized spacial score (nSPS) is 11.8. The quantitative estimate of drug-likeness (QED) is 0.520. The van der Waals surface area contributed by atoms with Crippen molar-refractivity contribution >= 4 is 33.1 Å². The van der Waals surface area contributed by atoms with Gasteiger partial charge in [-0.1, -0.05) is 47.7 Å². The number of hydrogen-bond donors (Lipinski definition) is 1. The summed E-state index contributed by atoms with van der Waals surface area (Å²) in [6.07, 6.45) is 0. The number of carbonyl (C=O) groups is 1. The maximum Gasteiger partial charge on any atom is 0.277 e. The number of amides is 1. The monoisotopic (exact) mass is 346 g/mol. The Kier molecular flexibility index (Phi) is 2.87. The molecule has 4 aromatic rings. The summed E-state index contributed by atoms with van der Waals surface area (Å²) in [4.78, 5) is 18.2. The van der Waals surface area contributed by atoms with Crippen LogP contribution in [0.4, 0.5) is 5.13 Å². The van der Waals surface area contributed by atoms with E-state index in [2.05, 4.69) is 45.7 Å². The van der Waals surface area contributed by atoms with Crippen molar-refractivity contribution in [2.75, 3.05) is 5.32 Å². The Morgan fingerprint density at radius 2 is 1.92 bits per heavy atom. The van der Waals surface area contributed by atoms with Gasteiger partial charge in [0.1, 0.15) is 0 Å². The summed E-state index contributed by atoms with van der Waals surface area (Å²) >= 11 is 1.51. The van der Waals surface area contributed by atoms with Gasteiger partial charge in [0.25, 0.3) is 5.91 Å². The average molecular weight is 346 g/mol. The van der Waals surface area contributed by atoms with Crippen LogP contribution in [0.15, 0.2) is 42.5 Å². The first-order valence-electron chi connectivity index (χ1n) is 7.97. The average Bonchev–Trinajstić information content (AvgIpc) is 3.25. The molecule has 0 saturated carbocycles. The van der Waals surface area contributed by atoms with Crippen molar-refractivity contribution in [3.63, 3.8) is 0 Å². The van der Waals surface area contributed by atoms with Crippen molar-refractivity contribution in [3.8, 4) is 21.7 Å². The lowest BCUT2D eigenvalue weighted by Crippen LogP contribution is -2.12. The summed E-state index contributed by atoms with van der Waals surface area (Å²) in [6, 6.07) is 14.3. The van der Waals surface area contributed by atoms with Gasteiger partial charge >= 0.3 is 0 Å². The van der Waals surface area contributed by atoms with E-state index in [0.717, 1.165) is 21.8 Å². The van der Waals surface area contributed by atoms with Crippen LogP contribution in [-0.4, -0.2) is 20.7 Å². The number of aryl methyl sites for hydroxylation is 2. The minimum atomic E-state index is -0.234. The van der Waals surface area contributed by atoms with Crippen LogP contribution >= 0.6 is 11.3 Å². The summed E-state index contributed by atoms with van der Waals surface area (Å²) in [6.45, 7) is 1.92. The van der Waals surface area contributed by atoms with Gasteiger partial charge < -0.3 is 0 Å². The predicted octanol–water partition coefficient (Wildman–Crippen LogP) is 4.24. The van der Waals surface area contributed by atoms with Crippen molar-refractivity contribution < 1.29 is 4.79 Å². The molecule has 0 fully saturated rings. The second-order valence-corrected chi connectivity index (χ2v) is 7.15. The van der Waals surface area contributed by atoms with Crippen LogP contribution in [0.1, 0.15) is 16.2 Å². The van der Waals surface area contributed by atoms with E-state index >= 15 is 0 Å². The number of benzene rings is 2. The molecular weight excluding hydrogens is 332 g/mol. The van der Waals surface area contributed by atoms with Crippen LogP contribution < -0.4 is 5.32 Å². The number of aromatic nitrogens is 3. The lowest BCUT2D eigenvalue weighted by atomic mass is 10.0. The summed E-state index contributed by atoms with van der Waals surface area (Å²) in [5.74, 6) is -0.234. The number of nitrogens with zero attached hydrogens (tertiary/aromatic N) is 3. The SMILES string of the molecule is Cc1cc(C(=O)Nc2nc3c(s2)-c2cccc4cccc-3c24)nn1C. The number of nitrogens with one attached hydrogen (secondary N) is 1. The van der Waals surface area contributed by atoms with Gasteiger partial charge in [-0.25, -0.2) is 4.98 Å². The minimum absolute atomic E-state index is 0.234. The van der Waals surface area contributed by atoms with E-state index in [1.165, 1.54) is 27.7 Å². The number of carbonyl (C=O) groups excluding carboxylic acids is 1. The Morgan fingerprint density at radius 1 is 1.16 bits per heavy atom. The Labute approximate surface area is 147 Å². The maximum absolute atomic E-state index is 12.4. The van der Waals surface area contributed by atoms with Gasteiger partial charge in [-0.15, -0.1) is 0 Å². The fourth-order valence-electron chi connectivity index (χ4n) is 3.30. The zero-order valence-corrected chi connectivity index (χ0v) is 14.5. The van der Waals surface area contributed by atoms with Gasteiger partial charge in [-0.05, 0) is 23.8 Å². The zero-order valence-electron chi connectivity index (χ0n) is 13.7. The van der Waals surface area contributed by atoms with E-state index in [4.69, 9.17) is 0 Å². The van der Waals surface area contributed by atoms with E-state index in [0.29, 0.717) is 10.8 Å². The maximum atomic E-state index is 12.4. The Bertz CT molecular complexity index is 1100. The van der Waals surface area contributed by atoms with E-state index in [-0.39, 0.29) is 5.91 Å². The second-order valence-electron chi connectivity index (χ2n) is 6.15. The lowest BCUT2D eigenvalue weighted by molar-refractivity contribution is 0.102. The topological polar surface area (TPSA) is 59.8 Å². The third kappa shape index (κ3) is 2.04. The van der Waals surface area contributed by atoms with Crippen molar-refractivity contribution in [2.24, 2.45) is 7.05 Å². The van der Waals surface area contributed by atoms with E-state index in [1.54, 1.807) is 10.7 Å². The first kappa shape index (κ1) is 14.4. The van der Waals surface area contributed by atoms with Gasteiger partial charge in [-0.3, -0.25) is 14.8 Å². The van der Waals surface area contributed by atoms with Crippen molar-refractivity contribution in [1.82, 2.24) is 14.8 Å². The molecule has 0 bridgehead atoms. The zero-order chi connectivity index (χ0) is 17.1. The Morgan fingerprint density at radius 3 is 2.64 bits per heavy atom. The van der Waals surface area contributed by atoms with Gasteiger partial charge in [0.2, 0.25) is 0 Å². The van der Waals surface area contributed by atoms with Crippen LogP contribution in [0.25, 0.3) is 32.5 Å². The van der Waals surface area contributed by atoms with Crippen LogP contribution in [-0.2, 0) is 7.05 Å². The highest BCUT2D eigenvalue weighted by Gasteiger charge is 2.26. The third-order valence-electron chi connectivity index (χ3n) is 4.60. The van der Waals surface area contributed by atoms with Crippen molar-refractivity contribution in [2.45, 2.75) is 6.92 Å². The highest BCUT2D eigenvalue weighted by atomic mass is 32.1. The summed E-state index contributed by atoms with van der Waals surface area (Å²) in [5, 5.41) is 10.2. The fraction of sp³-hybridized carbons (Fsp3) is 0.105. The van der Waals surface area contributed by atoms with Crippen LogP contribution in [0, 0.1) is 6.92 Å². The molecule has 0 atom stereocenters. The van der Waals surface area contributed by atoms with Gasteiger partial charge in [0, 0.05) is 23.9 Å². The van der Waals surface area contributed by atoms with Crippen LogP contribution in [0.2, 0.25) is 0 Å². The molecule has 2 heterocycles. The minimum Gasteiger partial charge on any atom is -0.296 e. The molecule has 2 aromatic heterocycles. The predicted molar refractivity (Wildman–Crippen MR) is 99.9 cm³/mol. The molecule has 1 N–H and O–H groups in total. The fourth-order valence-corrected chi connectivity index (χ4v) is 4.31. The summed E-state index contributed by atoms with van der Waals surface area (Å²) in [7, 11) is 1.82. The molecule has 6 heteroatoms. The molecule has 122 valence electrons. The van der Waals surface area contributed by atoms with Crippen LogP contribution in [0.3, 0.4) is 0 Å². The molecule has 1 aliphatic rings. The third-order valence-corrected chi connectivity index (χ3v) is 5.60. The van der Waals surface area contributed by atoms with Gasteiger partial charge in [-0.2, -0.15) is 5.10 Å². The number of fused-ring (bicyclic) bond motifs is 3. The molecule has 5 nitrogen and oxygen atoms in total. The molecule has 2 aromatic carbocycles. The molecule has 1 amide bonds. The number of thiazole rings is 1. The van der Waals surface area contributed by atoms with E-state index in [9.17, 15) is 4.79 Å². The number of anilines is 1. The lowest BCUT2D eigenvalue weighted by Gasteiger charge is -2.02. The smallest absolute Gasteiger partial charge is 0.277 e. The molecule has 0 spiro atoms. The van der Waals surface area contributed by atoms with E-state index in [1.807, 2.05) is 20.0 Å². The van der Waals surface area contributed by atoms with Crippen molar-refractivity contribution in [3.05, 3.63) is 53.9 Å². The first-order chi connectivity index (χ1) is 12.1. The second kappa shape index (κ2) is 5.00. The number of rotatable bonds is 2. The molecular formula is C19H14N4OS.